The normalized spacial score (nSPS) is 11.7. The molecular weight excluding hydrogens is 373 g/mol. The molecule has 24 heavy (non-hydrogen) atoms. The Morgan fingerprint density at radius 3 is 2.83 bits per heavy atom. The summed E-state index contributed by atoms with van der Waals surface area (Å²) in [7, 11) is 3.38. The molecular formula is C14H19Cl2N5O2S. The maximum atomic E-state index is 11.9. The lowest BCUT2D eigenvalue weighted by Gasteiger charge is -2.13. The molecule has 0 fully saturated rings. The quantitative estimate of drug-likeness (QED) is 0.751. The molecule has 2 rings (SSSR count). The summed E-state index contributed by atoms with van der Waals surface area (Å²) in [5.74, 6) is -0.174. The summed E-state index contributed by atoms with van der Waals surface area (Å²) in [4.78, 5) is 12.8. The number of benzene rings is 1. The van der Waals surface area contributed by atoms with Gasteiger partial charge >= 0.3 is 0 Å². The van der Waals surface area contributed by atoms with Crippen LogP contribution in [0.1, 0.15) is 6.42 Å². The average Bonchev–Trinajstić information content (AvgIpc) is 2.92. The Hall–Kier alpha value is -1.32. The molecule has 1 heterocycles. The average molecular weight is 392 g/mol. The fourth-order valence-electron chi connectivity index (χ4n) is 1.81. The van der Waals surface area contributed by atoms with E-state index in [1.165, 1.54) is 18.9 Å². The van der Waals surface area contributed by atoms with Gasteiger partial charge in [0, 0.05) is 31.3 Å². The van der Waals surface area contributed by atoms with Gasteiger partial charge in [-0.2, -0.15) is 0 Å². The summed E-state index contributed by atoms with van der Waals surface area (Å²) in [6, 6.07) is 5.31. The number of amides is 1. The number of hydrogen-bond acceptors (Lipinski definition) is 6. The van der Waals surface area contributed by atoms with Gasteiger partial charge in [0.15, 0.2) is 5.16 Å². The second-order valence-electron chi connectivity index (χ2n) is 4.82. The van der Waals surface area contributed by atoms with Gasteiger partial charge in [0.05, 0.1) is 17.5 Å². The molecule has 0 aliphatic carbocycles. The maximum Gasteiger partial charge on any atom is 0.227 e. The molecule has 1 atom stereocenters. The highest BCUT2D eigenvalue weighted by Gasteiger charge is 2.13. The van der Waals surface area contributed by atoms with Crippen molar-refractivity contribution < 1.29 is 9.53 Å². The fraction of sp³-hybridized carbons (Fsp3) is 0.357. The minimum atomic E-state index is -0.295. The number of carbonyl (C=O) groups excluding carboxylic acids is 1. The Morgan fingerprint density at radius 2 is 2.29 bits per heavy atom. The molecule has 1 aromatic heterocycles. The topological polar surface area (TPSA) is 95.1 Å². The van der Waals surface area contributed by atoms with E-state index >= 15 is 0 Å². The molecule has 0 aliphatic heterocycles. The molecule has 3 N–H and O–H groups in total. The zero-order valence-corrected chi connectivity index (χ0v) is 15.6. The highest BCUT2D eigenvalue weighted by molar-refractivity contribution is 7.99. The lowest BCUT2D eigenvalue weighted by atomic mass is 10.2. The Morgan fingerprint density at radius 1 is 1.54 bits per heavy atom. The third kappa shape index (κ3) is 5.64. The summed E-state index contributed by atoms with van der Waals surface area (Å²) in [5, 5.41) is 11.8. The fourth-order valence-corrected chi connectivity index (χ4v) is 2.87. The van der Waals surface area contributed by atoms with E-state index in [2.05, 4.69) is 15.5 Å². The predicted octanol–water partition coefficient (Wildman–Crippen LogP) is 2.34. The van der Waals surface area contributed by atoms with Crippen molar-refractivity contribution in [1.82, 2.24) is 14.8 Å². The molecule has 1 aromatic carbocycles. The summed E-state index contributed by atoms with van der Waals surface area (Å²) < 4.78 is 6.89. The third-order valence-corrected chi connectivity index (χ3v) is 4.65. The van der Waals surface area contributed by atoms with Crippen molar-refractivity contribution in [3.8, 4) is 0 Å². The van der Waals surface area contributed by atoms with Crippen LogP contribution in [0.4, 0.5) is 5.69 Å². The van der Waals surface area contributed by atoms with Crippen molar-refractivity contribution in [2.45, 2.75) is 22.6 Å². The first-order chi connectivity index (χ1) is 11.0. The zero-order valence-electron chi connectivity index (χ0n) is 13.2. The van der Waals surface area contributed by atoms with Crippen molar-refractivity contribution in [3.05, 3.63) is 29.5 Å². The van der Waals surface area contributed by atoms with Crippen molar-refractivity contribution >= 4 is 47.4 Å². The molecule has 10 heteroatoms. The van der Waals surface area contributed by atoms with Crippen LogP contribution in [0.5, 0.6) is 0 Å². The number of halogens is 2. The second kappa shape index (κ2) is 9.85. The Kier molecular flexibility index (Phi) is 8.51. The van der Waals surface area contributed by atoms with Crippen molar-refractivity contribution in [1.29, 1.82) is 0 Å². The zero-order chi connectivity index (χ0) is 16.8. The predicted molar refractivity (Wildman–Crippen MR) is 96.9 cm³/mol. The monoisotopic (exact) mass is 391 g/mol. The SMILES string of the molecule is COC(CN)CC(=O)Nc1ccc(Sc2nncn2C)c(Cl)c1.Cl. The number of aryl methyl sites for hydroxylation is 1. The molecule has 0 saturated heterocycles. The van der Waals surface area contributed by atoms with Gasteiger partial charge in [-0.25, -0.2) is 0 Å². The highest BCUT2D eigenvalue weighted by Crippen LogP contribution is 2.33. The van der Waals surface area contributed by atoms with Crippen molar-refractivity contribution in [3.63, 3.8) is 0 Å². The first kappa shape index (κ1) is 20.7. The molecule has 2 aromatic rings. The number of nitrogens with one attached hydrogen (secondary N) is 1. The number of rotatable bonds is 7. The van der Waals surface area contributed by atoms with Gasteiger partial charge in [0.1, 0.15) is 6.33 Å². The minimum absolute atomic E-state index is 0. The summed E-state index contributed by atoms with van der Waals surface area (Å²) in [6.45, 7) is 0.290. The van der Waals surface area contributed by atoms with E-state index in [1.54, 1.807) is 23.0 Å². The van der Waals surface area contributed by atoms with Crippen LogP contribution in [0.3, 0.4) is 0 Å². The van der Waals surface area contributed by atoms with Crippen molar-refractivity contribution in [2.75, 3.05) is 19.0 Å². The Balaban J connectivity index is 0.00000288. The Bertz CT molecular complexity index is 679. The highest BCUT2D eigenvalue weighted by atomic mass is 35.5. The van der Waals surface area contributed by atoms with Crippen LogP contribution in [0.25, 0.3) is 0 Å². The van der Waals surface area contributed by atoms with E-state index in [0.29, 0.717) is 10.7 Å². The maximum absolute atomic E-state index is 11.9. The van der Waals surface area contributed by atoms with Crippen LogP contribution in [-0.2, 0) is 16.6 Å². The number of anilines is 1. The van der Waals surface area contributed by atoms with Gasteiger partial charge < -0.3 is 20.4 Å². The third-order valence-electron chi connectivity index (χ3n) is 3.10. The lowest BCUT2D eigenvalue weighted by molar-refractivity contribution is -0.118. The van der Waals surface area contributed by atoms with Crippen LogP contribution < -0.4 is 11.1 Å². The van der Waals surface area contributed by atoms with E-state index in [4.69, 9.17) is 22.1 Å². The molecule has 0 spiro atoms. The molecule has 0 bridgehead atoms. The number of aromatic nitrogens is 3. The number of ether oxygens (including phenoxy) is 1. The molecule has 0 radical (unpaired) electrons. The van der Waals surface area contributed by atoms with Gasteiger partial charge in [-0.05, 0) is 30.0 Å². The molecule has 132 valence electrons. The van der Waals surface area contributed by atoms with E-state index in [-0.39, 0.29) is 37.4 Å². The molecule has 0 aliphatic rings. The van der Waals surface area contributed by atoms with Crippen molar-refractivity contribution in [2.24, 2.45) is 12.8 Å². The smallest absolute Gasteiger partial charge is 0.227 e. The summed E-state index contributed by atoms with van der Waals surface area (Å²) in [5.41, 5.74) is 6.12. The number of hydrogen-bond donors (Lipinski definition) is 2. The largest absolute Gasteiger partial charge is 0.380 e. The van der Waals surface area contributed by atoms with E-state index in [1.807, 2.05) is 13.1 Å². The number of methoxy groups -OCH3 is 1. The number of nitrogens with zero attached hydrogens (tertiary/aromatic N) is 3. The van der Waals surface area contributed by atoms with Crippen LogP contribution in [-0.4, -0.2) is 40.4 Å². The van der Waals surface area contributed by atoms with Gasteiger partial charge in [0.2, 0.25) is 5.91 Å². The lowest BCUT2D eigenvalue weighted by Crippen LogP contribution is -2.28. The summed E-state index contributed by atoms with van der Waals surface area (Å²) >= 11 is 7.67. The first-order valence-corrected chi connectivity index (χ1v) is 8.07. The van der Waals surface area contributed by atoms with E-state index in [9.17, 15) is 4.79 Å². The molecule has 0 saturated carbocycles. The van der Waals surface area contributed by atoms with Crippen LogP contribution in [0.2, 0.25) is 5.02 Å². The number of nitrogens with two attached hydrogens (primary N) is 1. The minimum Gasteiger partial charge on any atom is -0.380 e. The molecule has 1 amide bonds. The second-order valence-corrected chi connectivity index (χ2v) is 6.23. The van der Waals surface area contributed by atoms with Gasteiger partial charge in [-0.1, -0.05) is 11.6 Å². The first-order valence-electron chi connectivity index (χ1n) is 6.87. The number of carbonyl (C=O) groups is 1. The van der Waals surface area contributed by atoms with Crippen LogP contribution in [0, 0.1) is 0 Å². The van der Waals surface area contributed by atoms with Gasteiger partial charge in [0.25, 0.3) is 0 Å². The molecule has 1 unspecified atom stereocenters. The van der Waals surface area contributed by atoms with E-state index < -0.39 is 0 Å². The summed E-state index contributed by atoms with van der Waals surface area (Å²) in [6.07, 6.45) is 1.52. The van der Waals surface area contributed by atoms with Gasteiger partial charge in [-0.3, -0.25) is 4.79 Å². The van der Waals surface area contributed by atoms with Gasteiger partial charge in [-0.15, -0.1) is 22.6 Å². The molecule has 7 nitrogen and oxygen atoms in total. The standard InChI is InChI=1S/C14H18ClN5O2S.ClH/c1-20-8-17-19-14(20)23-12-4-3-9(5-11(12)15)18-13(21)6-10(7-16)22-2;/h3-5,8,10H,6-7,16H2,1-2H3,(H,18,21);1H. The van der Waals surface area contributed by atoms with E-state index in [0.717, 1.165) is 10.1 Å². The van der Waals surface area contributed by atoms with Crippen LogP contribution >= 0.6 is 35.8 Å². The van der Waals surface area contributed by atoms with Crippen LogP contribution in [0.15, 0.2) is 34.6 Å². The Labute approximate surface area is 155 Å².